The Bertz CT molecular complexity index is 3020. The van der Waals surface area contributed by atoms with Gasteiger partial charge in [0.1, 0.15) is 6.33 Å². The number of para-hydroxylation sites is 2. The highest BCUT2D eigenvalue weighted by molar-refractivity contribution is 5.96. The highest BCUT2D eigenvalue weighted by Gasteiger charge is 2.17. The molecule has 0 amide bonds. The fourth-order valence-electron chi connectivity index (χ4n) is 7.36. The number of hydrogen-bond donors (Lipinski definition) is 0. The van der Waals surface area contributed by atoms with Crippen LogP contribution in [0.2, 0.25) is 0 Å². The molecule has 0 N–H and O–H groups in total. The van der Waals surface area contributed by atoms with Gasteiger partial charge >= 0.3 is 0 Å². The van der Waals surface area contributed by atoms with E-state index in [1.54, 1.807) is 6.33 Å². The first-order valence-corrected chi connectivity index (χ1v) is 18.5. The normalized spacial score (nSPS) is 11.2. The molecule has 7 aromatic carbocycles. The molecule has 262 valence electrons. The molecule has 0 saturated heterocycles. The Hall–Kier alpha value is -7.70. The molecule has 10 aromatic rings. The number of rotatable bonds is 7. The molecule has 0 aliphatic carbocycles. The first kappa shape index (κ1) is 32.9. The minimum absolute atomic E-state index is 0.670. The molecule has 10 rings (SSSR count). The van der Waals surface area contributed by atoms with E-state index >= 15 is 0 Å². The van der Waals surface area contributed by atoms with Crippen LogP contribution in [0.4, 0.5) is 0 Å². The van der Waals surface area contributed by atoms with Crippen LogP contribution in [0, 0.1) is 0 Å². The molecule has 3 heterocycles. The van der Waals surface area contributed by atoms with Crippen LogP contribution in [0.3, 0.4) is 0 Å². The van der Waals surface area contributed by atoms with Gasteiger partial charge in [-0.05, 0) is 58.1 Å². The number of fused-ring (bicyclic) bond motifs is 2. The van der Waals surface area contributed by atoms with Crippen LogP contribution in [-0.2, 0) is 0 Å². The summed E-state index contributed by atoms with van der Waals surface area (Å²) in [7, 11) is 0. The average molecular weight is 717 g/mol. The molecule has 0 fully saturated rings. The van der Waals surface area contributed by atoms with Crippen molar-refractivity contribution in [3.8, 4) is 78.7 Å². The SMILES string of the molecule is c1ccc(-c2nc(-c3cccc(-c4ccc(-c5cncnc5)cc4-c4cccc(-c5nc(-c6ccccc6)c6ccccc6n5)c4)c3)nc3ccccc23)cc1. The van der Waals surface area contributed by atoms with Crippen molar-refractivity contribution in [1.82, 2.24) is 29.9 Å². The third-order valence-electron chi connectivity index (χ3n) is 10.1. The molecule has 0 unspecified atom stereocenters. The number of benzene rings is 7. The van der Waals surface area contributed by atoms with Crippen molar-refractivity contribution >= 4 is 21.8 Å². The summed E-state index contributed by atoms with van der Waals surface area (Å²) in [5.74, 6) is 1.34. The van der Waals surface area contributed by atoms with E-state index in [0.717, 1.165) is 88.8 Å². The number of nitrogens with zero attached hydrogens (tertiary/aromatic N) is 6. The first-order chi connectivity index (χ1) is 27.7. The summed E-state index contributed by atoms with van der Waals surface area (Å²) in [6, 6.07) is 60.5. The fourth-order valence-corrected chi connectivity index (χ4v) is 7.36. The fraction of sp³-hybridized carbons (Fsp3) is 0. The quantitative estimate of drug-likeness (QED) is 0.163. The van der Waals surface area contributed by atoms with Crippen LogP contribution < -0.4 is 0 Å². The molecule has 0 radical (unpaired) electrons. The van der Waals surface area contributed by atoms with E-state index in [9.17, 15) is 0 Å². The van der Waals surface area contributed by atoms with E-state index in [1.165, 1.54) is 0 Å². The molecular weight excluding hydrogens is 685 g/mol. The van der Waals surface area contributed by atoms with Gasteiger partial charge in [0.2, 0.25) is 0 Å². The van der Waals surface area contributed by atoms with Gasteiger partial charge in [0.25, 0.3) is 0 Å². The Morgan fingerprint density at radius 1 is 0.286 bits per heavy atom. The van der Waals surface area contributed by atoms with E-state index in [-0.39, 0.29) is 0 Å². The number of aromatic nitrogens is 6. The van der Waals surface area contributed by atoms with Crippen molar-refractivity contribution in [2.75, 3.05) is 0 Å². The van der Waals surface area contributed by atoms with Gasteiger partial charge in [-0.25, -0.2) is 29.9 Å². The van der Waals surface area contributed by atoms with E-state index < -0.39 is 0 Å². The lowest BCUT2D eigenvalue weighted by molar-refractivity contribution is 1.17. The van der Waals surface area contributed by atoms with Crippen LogP contribution in [0.5, 0.6) is 0 Å². The highest BCUT2D eigenvalue weighted by atomic mass is 14.9. The van der Waals surface area contributed by atoms with Crippen molar-refractivity contribution in [2.45, 2.75) is 0 Å². The molecule has 0 saturated carbocycles. The van der Waals surface area contributed by atoms with Gasteiger partial charge in [-0.15, -0.1) is 0 Å². The van der Waals surface area contributed by atoms with Crippen molar-refractivity contribution in [3.63, 3.8) is 0 Å². The van der Waals surface area contributed by atoms with Crippen LogP contribution >= 0.6 is 0 Å². The second kappa shape index (κ2) is 14.3. The van der Waals surface area contributed by atoms with Crippen molar-refractivity contribution < 1.29 is 0 Å². The molecule has 0 atom stereocenters. The first-order valence-electron chi connectivity index (χ1n) is 18.5. The molecule has 6 nitrogen and oxygen atoms in total. The summed E-state index contributed by atoms with van der Waals surface area (Å²) in [6.07, 6.45) is 5.25. The van der Waals surface area contributed by atoms with Gasteiger partial charge in [0.15, 0.2) is 11.6 Å². The van der Waals surface area contributed by atoms with Gasteiger partial charge < -0.3 is 0 Å². The largest absolute Gasteiger partial charge is 0.244 e. The lowest BCUT2D eigenvalue weighted by atomic mass is 9.90. The molecule has 0 spiro atoms. The van der Waals surface area contributed by atoms with Crippen molar-refractivity contribution in [3.05, 3.63) is 195 Å². The zero-order valence-electron chi connectivity index (χ0n) is 30.2. The summed E-state index contributed by atoms with van der Waals surface area (Å²) < 4.78 is 0. The van der Waals surface area contributed by atoms with Gasteiger partial charge in [-0.1, -0.05) is 146 Å². The maximum absolute atomic E-state index is 5.18. The molecule has 6 heteroatoms. The summed E-state index contributed by atoms with van der Waals surface area (Å²) in [6.45, 7) is 0. The van der Waals surface area contributed by atoms with E-state index in [4.69, 9.17) is 19.9 Å². The monoisotopic (exact) mass is 716 g/mol. The smallest absolute Gasteiger partial charge is 0.160 e. The van der Waals surface area contributed by atoms with Gasteiger partial charge in [0, 0.05) is 51.0 Å². The zero-order valence-corrected chi connectivity index (χ0v) is 30.2. The Morgan fingerprint density at radius 3 is 1.30 bits per heavy atom. The maximum Gasteiger partial charge on any atom is 0.160 e. The zero-order chi connectivity index (χ0) is 37.3. The van der Waals surface area contributed by atoms with Crippen LogP contribution in [0.1, 0.15) is 0 Å². The van der Waals surface area contributed by atoms with Gasteiger partial charge in [-0.3, -0.25) is 0 Å². The van der Waals surface area contributed by atoms with Crippen LogP contribution in [0.25, 0.3) is 100 Å². The molecule has 0 aliphatic heterocycles. The number of hydrogen-bond acceptors (Lipinski definition) is 6. The Labute approximate surface area is 324 Å². The third kappa shape index (κ3) is 6.25. The standard InChI is InChI=1S/C50H32N6/c1-3-13-33(14-4-1)47-42-21-7-9-23-45(42)53-49(55-47)38-19-11-17-36(27-38)41-26-25-35(40-30-51-32-52-31-40)29-44(41)37-18-12-20-39(28-37)50-54-46-24-10-8-22-43(46)48(56-50)34-15-5-2-6-16-34/h1-32H. The van der Waals surface area contributed by atoms with Gasteiger partial charge in [0.05, 0.1) is 22.4 Å². The Morgan fingerprint density at radius 2 is 0.750 bits per heavy atom. The Balaban J connectivity index is 1.12. The lowest BCUT2D eigenvalue weighted by Gasteiger charge is -2.15. The maximum atomic E-state index is 5.18. The van der Waals surface area contributed by atoms with Crippen molar-refractivity contribution in [2.24, 2.45) is 0 Å². The summed E-state index contributed by atoms with van der Waals surface area (Å²) in [4.78, 5) is 29.1. The molecule has 0 bridgehead atoms. The minimum atomic E-state index is 0.670. The second-order valence-corrected chi connectivity index (χ2v) is 13.6. The molecule has 56 heavy (non-hydrogen) atoms. The Kier molecular flexibility index (Phi) is 8.39. The van der Waals surface area contributed by atoms with E-state index in [0.29, 0.717) is 11.6 Å². The summed E-state index contributed by atoms with van der Waals surface area (Å²) in [5, 5.41) is 2.04. The summed E-state index contributed by atoms with van der Waals surface area (Å²) >= 11 is 0. The molecule has 0 aliphatic rings. The summed E-state index contributed by atoms with van der Waals surface area (Å²) in [5.41, 5.74) is 13.7. The van der Waals surface area contributed by atoms with Crippen LogP contribution in [0.15, 0.2) is 195 Å². The average Bonchev–Trinajstić information content (AvgIpc) is 3.29. The van der Waals surface area contributed by atoms with E-state index in [1.807, 2.05) is 73.1 Å². The third-order valence-corrected chi connectivity index (χ3v) is 10.1. The predicted octanol–water partition coefficient (Wildman–Crippen LogP) is 12.0. The molecule has 3 aromatic heterocycles. The predicted molar refractivity (Wildman–Crippen MR) is 226 cm³/mol. The minimum Gasteiger partial charge on any atom is -0.244 e. The molecular formula is C50H32N6. The van der Waals surface area contributed by atoms with E-state index in [2.05, 4.69) is 125 Å². The lowest BCUT2D eigenvalue weighted by Crippen LogP contribution is -1.96. The highest BCUT2D eigenvalue weighted by Crippen LogP contribution is 2.39. The second-order valence-electron chi connectivity index (χ2n) is 13.6. The van der Waals surface area contributed by atoms with Crippen LogP contribution in [-0.4, -0.2) is 29.9 Å². The topological polar surface area (TPSA) is 77.3 Å². The van der Waals surface area contributed by atoms with Gasteiger partial charge in [-0.2, -0.15) is 0 Å². The van der Waals surface area contributed by atoms with Crippen molar-refractivity contribution in [1.29, 1.82) is 0 Å².